The second-order valence-electron chi connectivity index (χ2n) is 4.44. The van der Waals surface area contributed by atoms with Gasteiger partial charge in [0.25, 0.3) is 0 Å². The molecule has 0 unspecified atom stereocenters. The van der Waals surface area contributed by atoms with Crippen molar-refractivity contribution >= 4 is 44.1 Å². The number of aromatic amines is 1. The first-order chi connectivity index (χ1) is 9.24. The number of H-pyrrole nitrogens is 1. The third kappa shape index (κ3) is 1.52. The van der Waals surface area contributed by atoms with E-state index in [0.717, 1.165) is 31.6 Å². The van der Waals surface area contributed by atoms with E-state index in [1.54, 1.807) is 23.5 Å². The van der Waals surface area contributed by atoms with Crippen molar-refractivity contribution < 1.29 is 0 Å². The van der Waals surface area contributed by atoms with Gasteiger partial charge in [0, 0.05) is 26.7 Å². The van der Waals surface area contributed by atoms with Crippen LogP contribution in [0.15, 0.2) is 47.3 Å². The normalized spacial score (nSPS) is 11.6. The zero-order valence-electron chi connectivity index (χ0n) is 9.74. The minimum Gasteiger partial charge on any atom is -0.346 e. The van der Waals surface area contributed by atoms with E-state index in [-0.39, 0.29) is 5.43 Å². The second kappa shape index (κ2) is 3.83. The maximum atomic E-state index is 11.9. The Balaban J connectivity index is 2.31. The number of benzene rings is 2. The first kappa shape index (κ1) is 11.0. The standard InChI is InChI=1S/C15H8ClNOS/c16-10-3-1-4-11-14(10)9-7-8-12(18)5-2-6-13(8)19-15(9)17-11/h1-7,17H. The molecule has 0 saturated heterocycles. The van der Waals surface area contributed by atoms with E-state index in [0.29, 0.717) is 5.02 Å². The van der Waals surface area contributed by atoms with Crippen LogP contribution in [0.25, 0.3) is 31.6 Å². The molecule has 4 rings (SSSR count). The molecule has 1 aromatic heterocycles. The van der Waals surface area contributed by atoms with Gasteiger partial charge in [-0.15, -0.1) is 11.3 Å². The average Bonchev–Trinajstić information content (AvgIpc) is 2.76. The number of rotatable bonds is 0. The van der Waals surface area contributed by atoms with Crippen LogP contribution in [0, 0.1) is 0 Å². The van der Waals surface area contributed by atoms with Crippen molar-refractivity contribution in [1.29, 1.82) is 0 Å². The van der Waals surface area contributed by atoms with E-state index in [2.05, 4.69) is 4.98 Å². The van der Waals surface area contributed by atoms with Crippen LogP contribution >= 0.6 is 22.9 Å². The number of halogens is 1. The Morgan fingerprint density at radius 2 is 1.95 bits per heavy atom. The maximum absolute atomic E-state index is 11.9. The molecule has 4 heteroatoms. The van der Waals surface area contributed by atoms with Gasteiger partial charge in [0.05, 0.1) is 5.02 Å². The van der Waals surface area contributed by atoms with Crippen molar-refractivity contribution in [1.82, 2.24) is 4.98 Å². The molecule has 92 valence electrons. The van der Waals surface area contributed by atoms with Gasteiger partial charge in [-0.1, -0.05) is 23.7 Å². The summed E-state index contributed by atoms with van der Waals surface area (Å²) in [6.45, 7) is 0. The van der Waals surface area contributed by atoms with Crippen molar-refractivity contribution in [2.45, 2.75) is 0 Å². The molecule has 0 saturated carbocycles. The lowest BCUT2D eigenvalue weighted by Crippen LogP contribution is -2.01. The molecule has 1 N–H and O–H groups in total. The molecular weight excluding hydrogens is 278 g/mol. The maximum Gasteiger partial charge on any atom is 0.187 e. The van der Waals surface area contributed by atoms with Crippen LogP contribution in [0.4, 0.5) is 0 Å². The second-order valence-corrected chi connectivity index (χ2v) is 5.90. The summed E-state index contributed by atoms with van der Waals surface area (Å²) < 4.78 is 0. The molecule has 0 fully saturated rings. The minimum atomic E-state index is 0.0528. The van der Waals surface area contributed by atoms with Crippen LogP contribution in [0.3, 0.4) is 0 Å². The van der Waals surface area contributed by atoms with Crippen molar-refractivity contribution in [3.05, 3.63) is 57.7 Å². The Morgan fingerprint density at radius 3 is 2.84 bits per heavy atom. The molecule has 2 nitrogen and oxygen atoms in total. The van der Waals surface area contributed by atoms with Crippen LogP contribution < -0.4 is 5.43 Å². The fourth-order valence-electron chi connectivity index (χ4n) is 2.43. The molecule has 1 aromatic carbocycles. The van der Waals surface area contributed by atoms with E-state index in [1.807, 2.05) is 30.3 Å². The monoisotopic (exact) mass is 285 g/mol. The molecule has 0 spiro atoms. The summed E-state index contributed by atoms with van der Waals surface area (Å²) in [5.41, 5.74) is 1.80. The van der Waals surface area contributed by atoms with Crippen molar-refractivity contribution in [2.24, 2.45) is 0 Å². The number of aromatic nitrogens is 1. The van der Waals surface area contributed by atoms with Gasteiger partial charge in [-0.05, 0) is 30.3 Å². The van der Waals surface area contributed by atoms with Crippen LogP contribution in [0.2, 0.25) is 5.02 Å². The molecule has 19 heavy (non-hydrogen) atoms. The van der Waals surface area contributed by atoms with E-state index < -0.39 is 0 Å². The summed E-state index contributed by atoms with van der Waals surface area (Å²) in [7, 11) is 0. The fraction of sp³-hybridized carbons (Fsp3) is 0. The summed E-state index contributed by atoms with van der Waals surface area (Å²) >= 11 is 7.86. The van der Waals surface area contributed by atoms with Crippen LogP contribution in [-0.2, 0) is 0 Å². The molecule has 1 aliphatic carbocycles. The van der Waals surface area contributed by atoms with Crippen LogP contribution in [0.5, 0.6) is 0 Å². The molecule has 0 bridgehead atoms. The topological polar surface area (TPSA) is 32.9 Å². The van der Waals surface area contributed by atoms with Gasteiger partial charge in [-0.25, -0.2) is 0 Å². The molecule has 2 heterocycles. The Hall–Kier alpha value is -1.84. The zero-order chi connectivity index (χ0) is 13.0. The third-order valence-electron chi connectivity index (χ3n) is 3.30. The van der Waals surface area contributed by atoms with Crippen molar-refractivity contribution in [3.8, 4) is 10.4 Å². The highest BCUT2D eigenvalue weighted by Crippen LogP contribution is 2.37. The highest BCUT2D eigenvalue weighted by atomic mass is 35.5. The number of nitrogens with one attached hydrogen (secondary N) is 1. The summed E-state index contributed by atoms with van der Waals surface area (Å²) in [4.78, 5) is 17.3. The van der Waals surface area contributed by atoms with E-state index in [9.17, 15) is 4.79 Å². The van der Waals surface area contributed by atoms with Crippen LogP contribution in [0.1, 0.15) is 0 Å². The van der Waals surface area contributed by atoms with Gasteiger partial charge < -0.3 is 4.98 Å². The summed E-state index contributed by atoms with van der Waals surface area (Å²) in [6, 6.07) is 13.1. The van der Waals surface area contributed by atoms with Gasteiger partial charge in [-0.2, -0.15) is 0 Å². The third-order valence-corrected chi connectivity index (χ3v) is 4.72. The predicted octanol–water partition coefficient (Wildman–Crippen LogP) is 4.50. The van der Waals surface area contributed by atoms with E-state index in [1.165, 1.54) is 0 Å². The Bertz CT molecular complexity index is 953. The quantitative estimate of drug-likeness (QED) is 0.507. The van der Waals surface area contributed by atoms with Crippen molar-refractivity contribution in [2.75, 3.05) is 0 Å². The number of hydrogen-bond acceptors (Lipinski definition) is 2. The molecule has 2 aromatic rings. The van der Waals surface area contributed by atoms with E-state index >= 15 is 0 Å². The van der Waals surface area contributed by atoms with E-state index in [4.69, 9.17) is 11.6 Å². The lowest BCUT2D eigenvalue weighted by molar-refractivity contribution is 1.57. The Labute approximate surface area is 117 Å². The molecule has 2 aliphatic rings. The first-order valence-electron chi connectivity index (χ1n) is 5.87. The smallest absolute Gasteiger partial charge is 0.187 e. The van der Waals surface area contributed by atoms with Gasteiger partial charge in [-0.3, -0.25) is 4.79 Å². The van der Waals surface area contributed by atoms with Crippen molar-refractivity contribution in [3.63, 3.8) is 0 Å². The molecule has 0 atom stereocenters. The highest BCUT2D eigenvalue weighted by molar-refractivity contribution is 7.21. The molecular formula is C15H8ClNOS. The number of fused-ring (bicyclic) bond motifs is 4. The minimum absolute atomic E-state index is 0.0528. The summed E-state index contributed by atoms with van der Waals surface area (Å²) in [5.74, 6) is 0. The fourth-order valence-corrected chi connectivity index (χ4v) is 3.78. The predicted molar refractivity (Wildman–Crippen MR) is 81.6 cm³/mol. The van der Waals surface area contributed by atoms with Gasteiger partial charge >= 0.3 is 0 Å². The Morgan fingerprint density at radius 1 is 1.11 bits per heavy atom. The highest BCUT2D eigenvalue weighted by Gasteiger charge is 2.13. The first-order valence-corrected chi connectivity index (χ1v) is 7.06. The summed E-state index contributed by atoms with van der Waals surface area (Å²) in [5, 5.41) is 2.71. The van der Waals surface area contributed by atoms with Gasteiger partial charge in [0.15, 0.2) is 5.43 Å². The van der Waals surface area contributed by atoms with Crippen LogP contribution in [-0.4, -0.2) is 4.98 Å². The SMILES string of the molecule is O=c1cccc2sc3[nH]c4cccc(Cl)c4c3cc1-2. The molecule has 0 amide bonds. The zero-order valence-corrected chi connectivity index (χ0v) is 11.3. The lowest BCUT2D eigenvalue weighted by Gasteiger charge is -2.02. The number of hydrogen-bond donors (Lipinski definition) is 1. The molecule has 0 radical (unpaired) electrons. The largest absolute Gasteiger partial charge is 0.346 e. The lowest BCUT2D eigenvalue weighted by atomic mass is 10.1. The summed E-state index contributed by atoms with van der Waals surface area (Å²) in [6.07, 6.45) is 0. The van der Waals surface area contributed by atoms with Gasteiger partial charge in [0.2, 0.25) is 0 Å². The van der Waals surface area contributed by atoms with Gasteiger partial charge in [0.1, 0.15) is 4.83 Å². The Kier molecular flexibility index (Phi) is 2.22. The molecule has 1 aliphatic heterocycles. The average molecular weight is 286 g/mol.